The number of carbonyl (C=O) groups is 1. The minimum Gasteiger partial charge on any atom is -0.481 e. The Labute approximate surface area is 216 Å². The Morgan fingerprint density at radius 1 is 1.40 bits per heavy atom. The topological polar surface area (TPSA) is 82.0 Å². The van der Waals surface area contributed by atoms with Gasteiger partial charge >= 0.3 is 5.97 Å². The van der Waals surface area contributed by atoms with Crippen LogP contribution in [0.4, 0.5) is 4.39 Å². The molecule has 1 saturated heterocycles. The second-order valence-corrected chi connectivity index (χ2v) is 10.5. The van der Waals surface area contributed by atoms with E-state index in [4.69, 9.17) is 21.4 Å². The normalized spacial score (nSPS) is 18.1. The lowest BCUT2D eigenvalue weighted by Crippen LogP contribution is -2.42. The fourth-order valence-electron chi connectivity index (χ4n) is 4.59. The summed E-state index contributed by atoms with van der Waals surface area (Å²) in [6.07, 6.45) is 4.47. The molecule has 0 aliphatic carbocycles. The third kappa shape index (κ3) is 8.81. The number of carboxylic acids is 1. The van der Waals surface area contributed by atoms with Crippen LogP contribution in [0, 0.1) is 5.82 Å². The molecular weight excluding hydrogens is 491 g/mol. The number of likely N-dealkylation sites (tertiary alicyclic amines) is 1. The van der Waals surface area contributed by atoms with Gasteiger partial charge < -0.3 is 20.3 Å². The Hall–Kier alpha value is -1.55. The molecule has 3 N–H and O–H groups in total. The number of hydrogen-bond acceptors (Lipinski definition) is 6. The van der Waals surface area contributed by atoms with Crippen molar-refractivity contribution in [2.45, 2.75) is 70.1 Å². The zero-order chi connectivity index (χ0) is 25.2. The van der Waals surface area contributed by atoms with Gasteiger partial charge in [-0.15, -0.1) is 11.3 Å². The van der Waals surface area contributed by atoms with Gasteiger partial charge in [-0.05, 0) is 73.4 Å². The first-order chi connectivity index (χ1) is 16.9. The first-order valence-corrected chi connectivity index (χ1v) is 13.6. The number of aryl methyl sites for hydroxylation is 1. The molecule has 194 valence electrons. The minimum absolute atomic E-state index is 0.101. The number of rotatable bonds is 15. The number of aliphatic carboxylic acids is 1. The summed E-state index contributed by atoms with van der Waals surface area (Å²) in [7, 11) is 0. The molecule has 1 fully saturated rings. The Morgan fingerprint density at radius 3 is 2.97 bits per heavy atom. The third-order valence-electron chi connectivity index (χ3n) is 6.38. The molecule has 9 heteroatoms. The number of halogens is 2. The van der Waals surface area contributed by atoms with Crippen molar-refractivity contribution < 1.29 is 24.1 Å². The zero-order valence-corrected chi connectivity index (χ0v) is 21.8. The Balaban J connectivity index is 1.43. The number of ether oxygens (including phenoxy) is 1. The molecule has 6 nitrogen and oxygen atoms in total. The average Bonchev–Trinajstić information content (AvgIpc) is 3.47. The second kappa shape index (κ2) is 14.3. The molecule has 0 bridgehead atoms. The van der Waals surface area contributed by atoms with Gasteiger partial charge in [0.2, 0.25) is 0 Å². The SMILES string of the molecule is CCCC(OC[C@H](O)CNCN1CCC[C@H]1Cc1ccc(Cl)c(F)c1)c1ccsc1CCC(=O)O. The minimum atomic E-state index is -0.806. The first kappa shape index (κ1) is 28.0. The van der Waals surface area contributed by atoms with Crippen molar-refractivity contribution in [3.63, 3.8) is 0 Å². The van der Waals surface area contributed by atoms with E-state index in [1.54, 1.807) is 17.4 Å². The van der Waals surface area contributed by atoms with Gasteiger partial charge in [0, 0.05) is 24.1 Å². The molecule has 0 saturated carbocycles. The second-order valence-electron chi connectivity index (χ2n) is 9.13. The highest BCUT2D eigenvalue weighted by Gasteiger charge is 2.25. The molecule has 3 rings (SSSR count). The van der Waals surface area contributed by atoms with Gasteiger partial charge in [0.25, 0.3) is 0 Å². The number of aliphatic hydroxyl groups excluding tert-OH is 1. The fraction of sp³-hybridized carbons (Fsp3) is 0.577. The Kier molecular flexibility index (Phi) is 11.4. The van der Waals surface area contributed by atoms with E-state index < -0.39 is 12.1 Å². The van der Waals surface area contributed by atoms with Gasteiger partial charge in [0.15, 0.2) is 0 Å². The maximum absolute atomic E-state index is 13.8. The van der Waals surface area contributed by atoms with Crippen LogP contribution in [0.5, 0.6) is 0 Å². The maximum Gasteiger partial charge on any atom is 0.303 e. The van der Waals surface area contributed by atoms with E-state index in [2.05, 4.69) is 17.1 Å². The van der Waals surface area contributed by atoms with Crippen LogP contribution >= 0.6 is 22.9 Å². The van der Waals surface area contributed by atoms with Crippen molar-refractivity contribution in [2.24, 2.45) is 0 Å². The molecule has 1 aromatic carbocycles. The van der Waals surface area contributed by atoms with Crippen LogP contribution in [0.1, 0.15) is 61.1 Å². The lowest BCUT2D eigenvalue weighted by atomic mass is 10.0. The predicted octanol–water partition coefficient (Wildman–Crippen LogP) is 5.03. The summed E-state index contributed by atoms with van der Waals surface area (Å²) >= 11 is 7.36. The van der Waals surface area contributed by atoms with Crippen LogP contribution in [0.25, 0.3) is 0 Å². The molecule has 1 aromatic heterocycles. The highest BCUT2D eigenvalue weighted by molar-refractivity contribution is 7.10. The molecule has 1 unspecified atom stereocenters. The van der Waals surface area contributed by atoms with Crippen LogP contribution in [-0.4, -0.2) is 59.6 Å². The summed E-state index contributed by atoms with van der Waals surface area (Å²) in [6.45, 7) is 4.32. The van der Waals surface area contributed by atoms with E-state index in [1.165, 1.54) is 6.07 Å². The monoisotopic (exact) mass is 526 g/mol. The van der Waals surface area contributed by atoms with Gasteiger partial charge in [-0.25, -0.2) is 4.39 Å². The summed E-state index contributed by atoms with van der Waals surface area (Å²) in [6, 6.07) is 7.34. The standard InChI is InChI=1S/C26H36ClFN2O4S/c1-2-4-24(21-10-12-35-25(21)8-9-26(32)33)34-16-20(31)15-29-17-30-11-3-5-19(30)13-18-6-7-22(27)23(28)14-18/h6-7,10,12,14,19-20,24,29,31H,2-5,8-9,11,13,15-17H2,1H3,(H,32,33)/t19-,20+,24?/m0/s1. The van der Waals surface area contributed by atoms with Crippen molar-refractivity contribution in [3.8, 4) is 0 Å². The van der Waals surface area contributed by atoms with E-state index in [1.807, 2.05) is 17.5 Å². The number of nitrogens with one attached hydrogen (secondary N) is 1. The van der Waals surface area contributed by atoms with Crippen LogP contribution in [0.15, 0.2) is 29.6 Å². The van der Waals surface area contributed by atoms with Crippen molar-refractivity contribution in [3.05, 3.63) is 56.5 Å². The molecule has 1 aliphatic heterocycles. The quantitative estimate of drug-likeness (QED) is 0.302. The summed E-state index contributed by atoms with van der Waals surface area (Å²) in [4.78, 5) is 14.3. The highest BCUT2D eigenvalue weighted by Crippen LogP contribution is 2.31. The lowest BCUT2D eigenvalue weighted by Gasteiger charge is -2.26. The van der Waals surface area contributed by atoms with Gasteiger partial charge in [-0.3, -0.25) is 9.69 Å². The molecule has 3 atom stereocenters. The average molecular weight is 527 g/mol. The molecule has 0 amide bonds. The summed E-state index contributed by atoms with van der Waals surface area (Å²) in [5.74, 6) is -1.19. The summed E-state index contributed by atoms with van der Waals surface area (Å²) in [5, 5.41) is 25.0. The number of carboxylic acid groups (broad SMARTS) is 1. The van der Waals surface area contributed by atoms with E-state index in [0.29, 0.717) is 25.7 Å². The number of hydrogen-bond donors (Lipinski definition) is 3. The molecule has 35 heavy (non-hydrogen) atoms. The van der Waals surface area contributed by atoms with Crippen LogP contribution in [0.3, 0.4) is 0 Å². The van der Waals surface area contributed by atoms with Crippen molar-refractivity contribution in [2.75, 3.05) is 26.4 Å². The molecular formula is C26H36ClFN2O4S. The number of nitrogens with zero attached hydrogens (tertiary/aromatic N) is 1. The molecule has 0 spiro atoms. The maximum atomic E-state index is 13.8. The lowest BCUT2D eigenvalue weighted by molar-refractivity contribution is -0.136. The Bertz CT molecular complexity index is 944. The number of thiophene rings is 1. The summed E-state index contributed by atoms with van der Waals surface area (Å²) in [5.41, 5.74) is 1.98. The van der Waals surface area contributed by atoms with E-state index in [0.717, 1.165) is 54.7 Å². The van der Waals surface area contributed by atoms with Crippen molar-refractivity contribution in [1.29, 1.82) is 0 Å². The fourth-order valence-corrected chi connectivity index (χ4v) is 5.64. The van der Waals surface area contributed by atoms with E-state index in [-0.39, 0.29) is 30.0 Å². The number of benzene rings is 1. The van der Waals surface area contributed by atoms with Gasteiger partial charge in [-0.2, -0.15) is 0 Å². The molecule has 2 heterocycles. The van der Waals surface area contributed by atoms with Gasteiger partial charge in [0.1, 0.15) is 5.82 Å². The summed E-state index contributed by atoms with van der Waals surface area (Å²) < 4.78 is 19.9. The van der Waals surface area contributed by atoms with Gasteiger partial charge in [0.05, 0.1) is 30.3 Å². The molecule has 0 radical (unpaired) electrons. The zero-order valence-electron chi connectivity index (χ0n) is 20.2. The van der Waals surface area contributed by atoms with Crippen molar-refractivity contribution in [1.82, 2.24) is 10.2 Å². The number of aliphatic hydroxyl groups is 1. The van der Waals surface area contributed by atoms with Crippen LogP contribution in [-0.2, 0) is 22.4 Å². The Morgan fingerprint density at radius 2 is 2.23 bits per heavy atom. The van der Waals surface area contributed by atoms with Gasteiger partial charge in [-0.1, -0.05) is 31.0 Å². The molecule has 1 aliphatic rings. The van der Waals surface area contributed by atoms with Crippen LogP contribution in [0.2, 0.25) is 5.02 Å². The molecule has 2 aromatic rings. The smallest absolute Gasteiger partial charge is 0.303 e. The van der Waals surface area contributed by atoms with Crippen molar-refractivity contribution >= 4 is 28.9 Å². The third-order valence-corrected chi connectivity index (χ3v) is 7.69. The van der Waals surface area contributed by atoms with Crippen LogP contribution < -0.4 is 5.32 Å². The largest absolute Gasteiger partial charge is 0.481 e. The first-order valence-electron chi connectivity index (χ1n) is 12.3. The predicted molar refractivity (Wildman–Crippen MR) is 138 cm³/mol. The highest BCUT2D eigenvalue weighted by atomic mass is 35.5. The van der Waals surface area contributed by atoms with E-state index >= 15 is 0 Å². The van der Waals surface area contributed by atoms with E-state index in [9.17, 15) is 14.3 Å².